The van der Waals surface area contributed by atoms with Crippen molar-refractivity contribution in [3.8, 4) is 11.1 Å². The molecule has 2 N–H and O–H groups in total. The number of halogens is 1. The van der Waals surface area contributed by atoms with Gasteiger partial charge >= 0.3 is 0 Å². The number of anilines is 1. The van der Waals surface area contributed by atoms with Crippen molar-refractivity contribution in [1.82, 2.24) is 0 Å². The number of furan rings is 1. The summed E-state index contributed by atoms with van der Waals surface area (Å²) in [5.74, 6) is 0. The second-order valence-corrected chi connectivity index (χ2v) is 8.01. The van der Waals surface area contributed by atoms with Crippen LogP contribution < -0.4 is 5.73 Å². The third-order valence-electron chi connectivity index (χ3n) is 4.43. The summed E-state index contributed by atoms with van der Waals surface area (Å²) in [7, 11) is 0. The summed E-state index contributed by atoms with van der Waals surface area (Å²) in [4.78, 5) is 0. The van der Waals surface area contributed by atoms with Crippen molar-refractivity contribution in [3.05, 3.63) is 64.5 Å². The van der Waals surface area contributed by atoms with Crippen molar-refractivity contribution in [1.29, 1.82) is 0 Å². The van der Waals surface area contributed by atoms with Crippen LogP contribution in [0.3, 0.4) is 0 Å². The van der Waals surface area contributed by atoms with Crippen LogP contribution in [0.25, 0.3) is 33.1 Å². The standard InChI is InChI=1S/C22H20BrNO/c1-22(2,3)13-11-16(21(24)17(23)12-13)14-8-6-10-19-20(14)15-7-4-5-9-18(15)25-19/h4-12H,24H2,1-3H3/i4D,5D,7D,9D. The van der Waals surface area contributed by atoms with E-state index in [9.17, 15) is 0 Å². The topological polar surface area (TPSA) is 39.2 Å². The summed E-state index contributed by atoms with van der Waals surface area (Å²) >= 11 is 3.57. The number of rotatable bonds is 1. The average Bonchev–Trinajstić information content (AvgIpc) is 3.06. The highest BCUT2D eigenvalue weighted by Gasteiger charge is 2.20. The molecule has 0 saturated carbocycles. The second-order valence-electron chi connectivity index (χ2n) is 7.15. The quantitative estimate of drug-likeness (QED) is 0.355. The number of nitrogens with two attached hydrogens (primary N) is 1. The molecule has 126 valence electrons. The third-order valence-corrected chi connectivity index (χ3v) is 5.08. The molecule has 2 nitrogen and oxygen atoms in total. The molecule has 0 bridgehead atoms. The van der Waals surface area contributed by atoms with E-state index >= 15 is 0 Å². The molecule has 0 amide bonds. The molecule has 0 radical (unpaired) electrons. The van der Waals surface area contributed by atoms with Gasteiger partial charge in [-0.2, -0.15) is 0 Å². The second kappa shape index (κ2) is 5.63. The maximum absolute atomic E-state index is 8.43. The van der Waals surface area contributed by atoms with Crippen molar-refractivity contribution in [2.24, 2.45) is 0 Å². The average molecular weight is 398 g/mol. The lowest BCUT2D eigenvalue weighted by atomic mass is 9.84. The van der Waals surface area contributed by atoms with Crippen molar-refractivity contribution >= 4 is 43.6 Å². The molecular weight excluding hydrogens is 374 g/mol. The molecule has 0 unspecified atom stereocenters. The van der Waals surface area contributed by atoms with Crippen molar-refractivity contribution < 1.29 is 9.90 Å². The molecule has 1 heterocycles. The maximum Gasteiger partial charge on any atom is 0.136 e. The van der Waals surface area contributed by atoms with Crippen LogP contribution in [0, 0.1) is 0 Å². The van der Waals surface area contributed by atoms with Crippen LogP contribution in [-0.2, 0) is 5.41 Å². The molecule has 0 saturated heterocycles. The molecule has 25 heavy (non-hydrogen) atoms. The fourth-order valence-electron chi connectivity index (χ4n) is 3.04. The van der Waals surface area contributed by atoms with Gasteiger partial charge in [-0.1, -0.05) is 51.0 Å². The van der Waals surface area contributed by atoms with Crippen LogP contribution >= 0.6 is 15.9 Å². The smallest absolute Gasteiger partial charge is 0.136 e. The van der Waals surface area contributed by atoms with Crippen LogP contribution in [-0.4, -0.2) is 0 Å². The van der Waals surface area contributed by atoms with Gasteiger partial charge in [0.05, 0.1) is 11.2 Å². The van der Waals surface area contributed by atoms with Crippen LogP contribution in [0.1, 0.15) is 31.8 Å². The molecular formula is C22H20BrNO. The van der Waals surface area contributed by atoms with Gasteiger partial charge in [0.2, 0.25) is 0 Å². The Labute approximate surface area is 161 Å². The molecule has 1 aromatic heterocycles. The third kappa shape index (κ3) is 2.63. The maximum atomic E-state index is 8.43. The number of nitrogen functional groups attached to an aromatic ring is 1. The Morgan fingerprint density at radius 2 is 1.80 bits per heavy atom. The Bertz CT molecular complexity index is 1300. The highest BCUT2D eigenvalue weighted by Crippen LogP contribution is 2.42. The summed E-state index contributed by atoms with van der Waals surface area (Å²) in [5.41, 5.74) is 10.2. The van der Waals surface area contributed by atoms with Gasteiger partial charge in [-0.15, -0.1) is 0 Å². The minimum atomic E-state index is -0.305. The molecule has 0 aliphatic heterocycles. The first kappa shape index (κ1) is 12.2. The molecule has 4 aromatic rings. The number of hydrogen-bond donors (Lipinski definition) is 1. The summed E-state index contributed by atoms with van der Waals surface area (Å²) in [6.45, 7) is 6.37. The van der Waals surface area contributed by atoms with Crippen LogP contribution in [0.2, 0.25) is 0 Å². The Morgan fingerprint density at radius 1 is 1.04 bits per heavy atom. The predicted molar refractivity (Wildman–Crippen MR) is 110 cm³/mol. The molecule has 3 aromatic carbocycles. The predicted octanol–water partition coefficient (Wildman–Crippen LogP) is 6.90. The van der Waals surface area contributed by atoms with E-state index in [1.165, 1.54) is 0 Å². The van der Waals surface area contributed by atoms with Crippen molar-refractivity contribution in [2.45, 2.75) is 26.2 Å². The lowest BCUT2D eigenvalue weighted by Crippen LogP contribution is -2.12. The van der Waals surface area contributed by atoms with E-state index in [4.69, 9.17) is 15.6 Å². The number of hydrogen-bond acceptors (Lipinski definition) is 2. The fourth-order valence-corrected chi connectivity index (χ4v) is 3.50. The van der Waals surface area contributed by atoms with Crippen LogP contribution in [0.5, 0.6) is 0 Å². The number of benzene rings is 3. The Morgan fingerprint density at radius 3 is 2.56 bits per heavy atom. The Hall–Kier alpha value is -2.26. The van der Waals surface area contributed by atoms with Gasteiger partial charge in [0.1, 0.15) is 11.2 Å². The van der Waals surface area contributed by atoms with Gasteiger partial charge in [-0.05, 0) is 56.7 Å². The zero-order valence-electron chi connectivity index (χ0n) is 18.3. The van der Waals surface area contributed by atoms with Crippen LogP contribution in [0.4, 0.5) is 5.69 Å². The van der Waals surface area contributed by atoms with Gasteiger partial charge in [-0.3, -0.25) is 0 Å². The Kier molecular flexibility index (Phi) is 2.74. The van der Waals surface area contributed by atoms with Crippen molar-refractivity contribution in [2.75, 3.05) is 5.73 Å². The summed E-state index contributed by atoms with van der Waals surface area (Å²) in [5, 5.41) is 1.01. The first-order valence-corrected chi connectivity index (χ1v) is 8.83. The van der Waals surface area contributed by atoms with Gasteiger partial charge in [0.15, 0.2) is 0 Å². The van der Waals surface area contributed by atoms with E-state index in [-0.39, 0.29) is 35.2 Å². The van der Waals surface area contributed by atoms with Crippen LogP contribution in [0.15, 0.2) is 63.4 Å². The molecule has 0 spiro atoms. The first-order valence-electron chi connectivity index (χ1n) is 10.0. The zero-order chi connectivity index (χ0) is 21.2. The Balaban J connectivity index is 2.19. The molecule has 3 heteroatoms. The fraction of sp³-hybridized carbons (Fsp3) is 0.182. The highest BCUT2D eigenvalue weighted by atomic mass is 79.9. The summed E-state index contributed by atoms with van der Waals surface area (Å²) in [6.07, 6.45) is 0. The monoisotopic (exact) mass is 397 g/mol. The number of fused-ring (bicyclic) bond motifs is 3. The molecule has 0 fully saturated rings. The zero-order valence-corrected chi connectivity index (χ0v) is 15.8. The van der Waals surface area contributed by atoms with E-state index in [2.05, 4.69) is 36.7 Å². The van der Waals surface area contributed by atoms with Gasteiger partial charge in [-0.25, -0.2) is 0 Å². The van der Waals surface area contributed by atoms with Gasteiger partial charge < -0.3 is 10.2 Å². The minimum absolute atomic E-state index is 0.0965. The molecule has 0 atom stereocenters. The highest BCUT2D eigenvalue weighted by molar-refractivity contribution is 9.10. The van der Waals surface area contributed by atoms with E-state index in [1.807, 2.05) is 24.3 Å². The molecule has 4 rings (SSSR count). The minimum Gasteiger partial charge on any atom is -0.456 e. The molecule has 0 aliphatic rings. The van der Waals surface area contributed by atoms with Gasteiger partial charge in [0.25, 0.3) is 0 Å². The summed E-state index contributed by atoms with van der Waals surface area (Å²) in [6, 6.07) is 8.69. The SMILES string of the molecule is [2H]c1c([2H])c([2H])c2c(oc3cccc(-c4cc(C(C)(C)C)cc(Br)c4N)c32)c1[2H]. The lowest BCUT2D eigenvalue weighted by Gasteiger charge is -2.22. The van der Waals surface area contributed by atoms with E-state index in [0.717, 1.165) is 21.2 Å². The van der Waals surface area contributed by atoms with E-state index in [0.29, 0.717) is 22.0 Å². The largest absolute Gasteiger partial charge is 0.456 e. The lowest BCUT2D eigenvalue weighted by molar-refractivity contribution is 0.590. The van der Waals surface area contributed by atoms with E-state index < -0.39 is 0 Å². The van der Waals surface area contributed by atoms with Gasteiger partial charge in [0, 0.05) is 20.8 Å². The number of para-hydroxylation sites is 1. The molecule has 0 aliphatic carbocycles. The van der Waals surface area contributed by atoms with Crippen molar-refractivity contribution in [3.63, 3.8) is 0 Å². The summed E-state index contributed by atoms with van der Waals surface area (Å²) < 4.78 is 39.3. The normalized spacial score (nSPS) is 14.4. The first-order chi connectivity index (χ1) is 13.5. The van der Waals surface area contributed by atoms with E-state index in [1.54, 1.807) is 6.07 Å².